The van der Waals surface area contributed by atoms with Gasteiger partial charge < -0.3 is 9.80 Å². The molecule has 2 unspecified atom stereocenters. The molecule has 5 aromatic rings. The van der Waals surface area contributed by atoms with Gasteiger partial charge in [-0.2, -0.15) is 18.3 Å². The molecular weight excluding hydrogens is 615 g/mol. The molecule has 0 saturated carbocycles. The minimum Gasteiger partial charge on any atom is -0.336 e. The van der Waals surface area contributed by atoms with Gasteiger partial charge in [-0.1, -0.05) is 73.7 Å². The number of pyridine rings is 1. The molecule has 0 spiro atoms. The number of fused-ring (bicyclic) bond motifs is 1. The zero-order chi connectivity index (χ0) is 33.7. The summed E-state index contributed by atoms with van der Waals surface area (Å²) in [5, 5.41) is 6.92. The third kappa shape index (κ3) is 7.38. The zero-order valence-electron chi connectivity index (χ0n) is 26.3. The Hall–Kier alpha value is -5.51. The van der Waals surface area contributed by atoms with Crippen molar-refractivity contribution in [3.05, 3.63) is 149 Å². The van der Waals surface area contributed by atoms with Gasteiger partial charge in [0.2, 0.25) is 11.8 Å². The number of carbonyl (C=O) groups excluding carboxylic acids is 2. The van der Waals surface area contributed by atoms with Gasteiger partial charge in [0.15, 0.2) is 0 Å². The molecule has 0 aliphatic carbocycles. The molecule has 0 bridgehead atoms. The van der Waals surface area contributed by atoms with E-state index in [2.05, 4.69) is 21.2 Å². The molecule has 0 radical (unpaired) electrons. The van der Waals surface area contributed by atoms with E-state index in [0.29, 0.717) is 25.1 Å². The fourth-order valence-electron chi connectivity index (χ4n) is 6.05. The molecule has 0 fully saturated rings. The second kappa shape index (κ2) is 14.1. The van der Waals surface area contributed by atoms with Crippen molar-refractivity contribution in [2.45, 2.75) is 44.6 Å². The van der Waals surface area contributed by atoms with Gasteiger partial charge in [0.05, 0.1) is 17.5 Å². The van der Waals surface area contributed by atoms with Crippen LogP contribution in [-0.2, 0) is 35.3 Å². The summed E-state index contributed by atoms with van der Waals surface area (Å²) < 4.78 is 39.4. The Labute approximate surface area is 276 Å². The van der Waals surface area contributed by atoms with E-state index in [-0.39, 0.29) is 12.5 Å². The minimum absolute atomic E-state index is 0.113. The predicted octanol–water partition coefficient (Wildman–Crippen LogP) is 7.29. The van der Waals surface area contributed by atoms with Crippen molar-refractivity contribution in [3.63, 3.8) is 0 Å². The van der Waals surface area contributed by atoms with E-state index in [1.807, 2.05) is 67.6 Å². The maximum absolute atomic E-state index is 14.6. The van der Waals surface area contributed by atoms with E-state index in [0.717, 1.165) is 40.1 Å². The Morgan fingerprint density at radius 2 is 1.69 bits per heavy atom. The van der Waals surface area contributed by atoms with Crippen LogP contribution in [0.5, 0.6) is 0 Å². The molecule has 7 nitrogen and oxygen atoms in total. The van der Waals surface area contributed by atoms with Gasteiger partial charge in [0, 0.05) is 49.6 Å². The number of alkyl halides is 3. The third-order valence-electron chi connectivity index (χ3n) is 8.76. The Bertz CT molecular complexity index is 1870. The first-order valence-corrected chi connectivity index (χ1v) is 15.7. The molecule has 244 valence electrons. The summed E-state index contributed by atoms with van der Waals surface area (Å²) in [6.45, 7) is 2.94. The maximum Gasteiger partial charge on any atom is 0.416 e. The number of amides is 2. The van der Waals surface area contributed by atoms with E-state index in [4.69, 9.17) is 0 Å². The number of rotatable bonds is 9. The monoisotopic (exact) mass is 649 g/mol. The molecule has 2 atom stereocenters. The third-order valence-corrected chi connectivity index (χ3v) is 8.76. The van der Waals surface area contributed by atoms with Crippen LogP contribution in [0.15, 0.2) is 116 Å². The van der Waals surface area contributed by atoms with Gasteiger partial charge in [-0.3, -0.25) is 19.7 Å². The van der Waals surface area contributed by atoms with Crippen LogP contribution in [0.25, 0.3) is 17.3 Å². The van der Waals surface area contributed by atoms with Crippen LogP contribution >= 0.6 is 0 Å². The van der Waals surface area contributed by atoms with Crippen molar-refractivity contribution < 1.29 is 22.8 Å². The Kier molecular flexibility index (Phi) is 9.52. The zero-order valence-corrected chi connectivity index (χ0v) is 26.3. The largest absolute Gasteiger partial charge is 0.416 e. The standard InChI is InChI=1S/C38H34F3N5O2/c1-26(32-22-43-44-23-32)36(37(48)45-21-19-29-6-2-3-7-31(29)25-45)46(24-28-9-14-30(15-10-28)34-8-4-5-20-42-34)35(47)18-13-27-11-16-33(17-12-27)38(39,40)41/h2-18,20,22-23,26,36H,19,21,24-25H2,1H3,(H,43,44). The van der Waals surface area contributed by atoms with Crippen molar-refractivity contribution in [2.24, 2.45) is 0 Å². The van der Waals surface area contributed by atoms with Crippen LogP contribution in [0.2, 0.25) is 0 Å². The van der Waals surface area contributed by atoms with Gasteiger partial charge in [-0.15, -0.1) is 0 Å². The Morgan fingerprint density at radius 3 is 2.35 bits per heavy atom. The van der Waals surface area contributed by atoms with Crippen LogP contribution in [0.4, 0.5) is 13.2 Å². The molecule has 3 heterocycles. The highest BCUT2D eigenvalue weighted by Crippen LogP contribution is 2.31. The molecule has 6 rings (SSSR count). The molecule has 0 saturated heterocycles. The lowest BCUT2D eigenvalue weighted by atomic mass is 9.91. The van der Waals surface area contributed by atoms with Crippen molar-refractivity contribution in [1.82, 2.24) is 25.0 Å². The SMILES string of the molecule is CC(c1cn[nH]c1)C(C(=O)N1CCc2ccccc2C1)N(Cc1ccc(-c2ccccn2)cc1)C(=O)C=Cc1ccc(C(F)(F)F)cc1. The van der Waals surface area contributed by atoms with E-state index in [9.17, 15) is 22.8 Å². The number of carbonyl (C=O) groups is 2. The summed E-state index contributed by atoms with van der Waals surface area (Å²) in [6, 6.07) is 25.0. The lowest BCUT2D eigenvalue weighted by Crippen LogP contribution is -2.53. The molecular formula is C38H34F3N5O2. The van der Waals surface area contributed by atoms with E-state index in [1.54, 1.807) is 28.4 Å². The molecule has 2 aromatic heterocycles. The molecule has 2 amide bonds. The van der Waals surface area contributed by atoms with Crippen LogP contribution in [0.3, 0.4) is 0 Å². The molecule has 10 heteroatoms. The Balaban J connectivity index is 1.35. The average molecular weight is 650 g/mol. The maximum atomic E-state index is 14.6. The Morgan fingerprint density at radius 1 is 0.958 bits per heavy atom. The van der Waals surface area contributed by atoms with Gasteiger partial charge in [0.1, 0.15) is 6.04 Å². The highest BCUT2D eigenvalue weighted by molar-refractivity contribution is 5.96. The lowest BCUT2D eigenvalue weighted by Gasteiger charge is -2.39. The number of halogens is 3. The molecule has 1 aliphatic rings. The van der Waals surface area contributed by atoms with Gasteiger partial charge >= 0.3 is 6.18 Å². The molecule has 3 aromatic carbocycles. The van der Waals surface area contributed by atoms with Gasteiger partial charge in [-0.25, -0.2) is 0 Å². The summed E-state index contributed by atoms with van der Waals surface area (Å²) in [6.07, 6.45) is 4.12. The molecule has 1 aliphatic heterocycles. The lowest BCUT2D eigenvalue weighted by molar-refractivity contribution is -0.145. The molecule has 1 N–H and O–H groups in total. The highest BCUT2D eigenvalue weighted by atomic mass is 19.4. The minimum atomic E-state index is -4.47. The number of hydrogen-bond donors (Lipinski definition) is 1. The average Bonchev–Trinajstić information content (AvgIpc) is 3.66. The van der Waals surface area contributed by atoms with Crippen LogP contribution in [0, 0.1) is 0 Å². The summed E-state index contributed by atoms with van der Waals surface area (Å²) in [7, 11) is 0. The molecule has 48 heavy (non-hydrogen) atoms. The van der Waals surface area contributed by atoms with Gasteiger partial charge in [-0.05, 0) is 64.6 Å². The first-order chi connectivity index (χ1) is 23.2. The number of nitrogens with one attached hydrogen (secondary N) is 1. The summed E-state index contributed by atoms with van der Waals surface area (Å²) >= 11 is 0. The number of benzene rings is 3. The first-order valence-electron chi connectivity index (χ1n) is 15.7. The number of H-pyrrole nitrogens is 1. The van der Waals surface area contributed by atoms with Crippen molar-refractivity contribution in [1.29, 1.82) is 0 Å². The quantitative estimate of drug-likeness (QED) is 0.170. The van der Waals surface area contributed by atoms with E-state index in [1.165, 1.54) is 29.8 Å². The highest BCUT2D eigenvalue weighted by Gasteiger charge is 2.38. The predicted molar refractivity (Wildman–Crippen MR) is 177 cm³/mol. The van der Waals surface area contributed by atoms with Crippen molar-refractivity contribution in [2.75, 3.05) is 6.54 Å². The summed E-state index contributed by atoms with van der Waals surface area (Å²) in [5.41, 5.74) is 5.19. The second-order valence-corrected chi connectivity index (χ2v) is 11.9. The smallest absolute Gasteiger partial charge is 0.336 e. The number of aromatic amines is 1. The normalized spacial score (nSPS) is 14.4. The van der Waals surface area contributed by atoms with E-state index < -0.39 is 29.6 Å². The van der Waals surface area contributed by atoms with Gasteiger partial charge in [0.25, 0.3) is 0 Å². The van der Waals surface area contributed by atoms with Crippen molar-refractivity contribution >= 4 is 17.9 Å². The number of aromatic nitrogens is 3. The van der Waals surface area contributed by atoms with Crippen molar-refractivity contribution in [3.8, 4) is 11.3 Å². The van der Waals surface area contributed by atoms with E-state index >= 15 is 0 Å². The fourth-order valence-corrected chi connectivity index (χ4v) is 6.05. The van der Waals surface area contributed by atoms with Crippen LogP contribution in [0.1, 0.15) is 46.2 Å². The summed E-state index contributed by atoms with van der Waals surface area (Å²) in [4.78, 5) is 36.5. The fraction of sp³-hybridized carbons (Fsp3) is 0.211. The summed E-state index contributed by atoms with van der Waals surface area (Å²) in [5.74, 6) is -1.08. The number of hydrogen-bond acceptors (Lipinski definition) is 4. The second-order valence-electron chi connectivity index (χ2n) is 11.9. The van der Waals surface area contributed by atoms with Crippen LogP contribution < -0.4 is 0 Å². The first kappa shape index (κ1) is 32.4. The number of nitrogens with zero attached hydrogens (tertiary/aromatic N) is 4. The van der Waals surface area contributed by atoms with Crippen LogP contribution in [-0.4, -0.2) is 49.4 Å². The topological polar surface area (TPSA) is 82.2 Å².